The molecule has 26 aromatic rings. The second kappa shape index (κ2) is 38.0. The highest BCUT2D eigenvalue weighted by atomic mass is 16.3. The molecule has 0 fully saturated rings. The van der Waals surface area contributed by atoms with Crippen LogP contribution in [0.5, 0.6) is 0 Å². The van der Waals surface area contributed by atoms with E-state index in [0.717, 1.165) is 123 Å². The van der Waals surface area contributed by atoms with Crippen LogP contribution in [-0.2, 0) is 10.8 Å². The summed E-state index contributed by atoms with van der Waals surface area (Å²) in [6.45, 7) is 0. The highest BCUT2D eigenvalue weighted by molar-refractivity contribution is 6.10. The first-order valence-corrected chi connectivity index (χ1v) is 50.3. The average Bonchev–Trinajstić information content (AvgIpc) is 1.53. The van der Waals surface area contributed by atoms with Crippen LogP contribution in [0.1, 0.15) is 59.4 Å². The molecule has 4 nitrogen and oxygen atoms in total. The molecule has 0 bridgehead atoms. The van der Waals surface area contributed by atoms with Crippen LogP contribution in [0.4, 0.5) is 34.1 Å². The summed E-state index contributed by atoms with van der Waals surface area (Å²) in [4.78, 5) is 4.86. The van der Waals surface area contributed by atoms with Gasteiger partial charge in [-0.15, -0.1) is 0 Å². The Balaban J connectivity index is 0.000000152. The van der Waals surface area contributed by atoms with Crippen LogP contribution in [0.25, 0.3) is 177 Å². The zero-order chi connectivity index (χ0) is 96.6. The van der Waals surface area contributed by atoms with Crippen LogP contribution in [0.15, 0.2) is 579 Å². The lowest BCUT2D eigenvalue weighted by Crippen LogP contribution is -2.28. The monoisotopic (exact) mass is 1890 g/mol. The molecule has 2 aliphatic rings. The van der Waals surface area contributed by atoms with Crippen LogP contribution in [0.3, 0.4) is 0 Å². The van der Waals surface area contributed by atoms with Crippen LogP contribution in [0, 0.1) is 0 Å². The maximum Gasteiger partial charge on any atom is 0.135 e. The van der Waals surface area contributed by atoms with Gasteiger partial charge in [0.25, 0.3) is 0 Å². The smallest absolute Gasteiger partial charge is 0.135 e. The summed E-state index contributed by atoms with van der Waals surface area (Å²) >= 11 is 0. The lowest BCUT2D eigenvalue weighted by molar-refractivity contribution is 0.668. The van der Waals surface area contributed by atoms with Crippen molar-refractivity contribution in [2.45, 2.75) is 25.7 Å². The summed E-state index contributed by atoms with van der Waals surface area (Å²) in [7, 11) is 0. The SMILES string of the molecule is C.C.c1ccc(C2(c3ccccc3)c3ccccc3-c3c(-c4cccc(N(c5ccc(-c6ccc(-c7ccc8ccccc8c7)cc6)cc5)c5ccccc5-c5ccc6oc7ccccc7c6c5)c4)cccc32)cc1.c1ccc(C2(c3ccccc3)c3ccccc3-c3c(-c4cccc(N(c5ccc(-c6ccc(-c7cccc8ccccc78)cc6)cc5)c5ccccc5-c5ccc6oc7ccccc7c6c5)c4)cccc32)cc1. The third-order valence-electron chi connectivity index (χ3n) is 30.3. The fourth-order valence-electron chi connectivity index (χ4n) is 23.7. The predicted molar refractivity (Wildman–Crippen MR) is 623 cm³/mol. The number of benzene rings is 24. The summed E-state index contributed by atoms with van der Waals surface area (Å²) in [5.74, 6) is 0. The Morgan fingerprint density at radius 1 is 0.149 bits per heavy atom. The first-order chi connectivity index (χ1) is 72.4. The molecular formula is C144H102N2O2. The largest absolute Gasteiger partial charge is 0.456 e. The molecule has 2 heterocycles. The molecule has 24 aromatic carbocycles. The minimum absolute atomic E-state index is 0. The van der Waals surface area contributed by atoms with Crippen molar-refractivity contribution in [1.29, 1.82) is 0 Å². The normalized spacial score (nSPS) is 12.3. The molecule has 0 radical (unpaired) electrons. The van der Waals surface area contributed by atoms with Crippen molar-refractivity contribution in [3.05, 3.63) is 615 Å². The number of fused-ring (bicyclic) bond motifs is 14. The molecule has 28 rings (SSSR count). The predicted octanol–water partition coefficient (Wildman–Crippen LogP) is 39.8. The topological polar surface area (TPSA) is 32.8 Å². The van der Waals surface area contributed by atoms with E-state index in [9.17, 15) is 0 Å². The van der Waals surface area contributed by atoms with Crippen LogP contribution in [-0.4, -0.2) is 0 Å². The van der Waals surface area contributed by atoms with Gasteiger partial charge in [0.05, 0.1) is 22.2 Å². The Kier molecular flexibility index (Phi) is 23.2. The van der Waals surface area contributed by atoms with E-state index in [1.165, 1.54) is 133 Å². The molecule has 0 saturated heterocycles. The number of hydrogen-bond donors (Lipinski definition) is 0. The van der Waals surface area contributed by atoms with E-state index in [-0.39, 0.29) is 14.9 Å². The van der Waals surface area contributed by atoms with Gasteiger partial charge in [-0.05, 0) is 269 Å². The van der Waals surface area contributed by atoms with Gasteiger partial charge >= 0.3 is 0 Å². The van der Waals surface area contributed by atoms with E-state index in [1.54, 1.807) is 0 Å². The lowest BCUT2D eigenvalue weighted by atomic mass is 9.67. The second-order valence-corrected chi connectivity index (χ2v) is 38.3. The minimum atomic E-state index is -0.494. The molecule has 2 aliphatic carbocycles. The zero-order valence-corrected chi connectivity index (χ0v) is 80.0. The summed E-state index contributed by atoms with van der Waals surface area (Å²) < 4.78 is 12.6. The van der Waals surface area contributed by atoms with E-state index in [1.807, 2.05) is 24.3 Å². The zero-order valence-electron chi connectivity index (χ0n) is 80.0. The number of nitrogens with zero attached hydrogens (tertiary/aromatic N) is 2. The second-order valence-electron chi connectivity index (χ2n) is 38.3. The third-order valence-corrected chi connectivity index (χ3v) is 30.3. The molecule has 4 heteroatoms. The minimum Gasteiger partial charge on any atom is -0.456 e. The molecule has 0 saturated carbocycles. The van der Waals surface area contributed by atoms with Crippen molar-refractivity contribution in [3.63, 3.8) is 0 Å². The maximum absolute atomic E-state index is 6.31. The fourth-order valence-corrected chi connectivity index (χ4v) is 23.7. The molecule has 0 unspecified atom stereocenters. The lowest BCUT2D eigenvalue weighted by Gasteiger charge is -2.34. The van der Waals surface area contributed by atoms with Gasteiger partial charge in [0.1, 0.15) is 22.3 Å². The Bertz CT molecular complexity index is 9380. The van der Waals surface area contributed by atoms with Gasteiger partial charge in [0.15, 0.2) is 0 Å². The Morgan fingerprint density at radius 3 is 0.899 bits per heavy atom. The fraction of sp³-hybridized carbons (Fsp3) is 0.0278. The number of rotatable bonds is 18. The van der Waals surface area contributed by atoms with Crippen molar-refractivity contribution in [3.8, 4) is 111 Å². The molecule has 0 N–H and O–H groups in total. The Morgan fingerprint density at radius 2 is 0.446 bits per heavy atom. The van der Waals surface area contributed by atoms with Gasteiger partial charge < -0.3 is 18.6 Å². The van der Waals surface area contributed by atoms with Gasteiger partial charge in [-0.2, -0.15) is 0 Å². The van der Waals surface area contributed by atoms with E-state index >= 15 is 0 Å². The molecule has 0 spiro atoms. The molecule has 148 heavy (non-hydrogen) atoms. The molecular weight excluding hydrogens is 1790 g/mol. The number of anilines is 6. The van der Waals surface area contributed by atoms with E-state index < -0.39 is 10.8 Å². The summed E-state index contributed by atoms with van der Waals surface area (Å²) in [5, 5.41) is 9.45. The standard InChI is InChI=1S/2C71H47NO.2CH4/c1-3-21-54(22-4-1)71(55-23-5-2-6-24-55)65-32-12-9-29-63(65)70-61(31-17-33-66(70)71)52-20-15-25-57(46-52)72(67-34-13-10-27-60(67)53-42-45-69-64(47-53)62-28-11-14-35-68(62)73-69)56-43-40-49(41-44-56)48-36-38-51(39-37-48)59-30-16-19-50-18-7-8-26-58(50)59;1-3-20-56(21-4-1)71(57-22-5-2-6-23-57)65-29-12-9-27-63(65)70-61(28-16-30-66(70)71)54-19-15-24-59(46-54)72(67-31-13-10-25-60(67)55-41-44-69-64(47-55)62-26-11-14-32-68(62)73-69)58-42-39-50(40-43-58)49-33-35-51(36-34-49)53-38-37-48-17-7-8-18-52(48)45-53;;/h2*1-47H;2*1H4. The molecule has 2 aromatic heterocycles. The number of hydrogen-bond acceptors (Lipinski definition) is 4. The Hall–Kier alpha value is -19.0. The van der Waals surface area contributed by atoms with Gasteiger partial charge in [-0.3, -0.25) is 0 Å². The van der Waals surface area contributed by atoms with Crippen LogP contribution in [0.2, 0.25) is 0 Å². The Labute approximate surface area is 863 Å². The van der Waals surface area contributed by atoms with Crippen molar-refractivity contribution < 1.29 is 8.83 Å². The number of furan rings is 2. The van der Waals surface area contributed by atoms with Gasteiger partial charge in [0.2, 0.25) is 0 Å². The third kappa shape index (κ3) is 15.4. The van der Waals surface area contributed by atoms with Crippen molar-refractivity contribution in [1.82, 2.24) is 0 Å². The summed E-state index contributed by atoms with van der Waals surface area (Å²) in [5.41, 5.74) is 43.0. The van der Waals surface area contributed by atoms with Crippen molar-refractivity contribution in [2.24, 2.45) is 0 Å². The van der Waals surface area contributed by atoms with E-state index in [0.29, 0.717) is 0 Å². The number of para-hydroxylation sites is 4. The molecule has 700 valence electrons. The molecule has 0 aliphatic heterocycles. The first-order valence-electron chi connectivity index (χ1n) is 50.3. The van der Waals surface area contributed by atoms with Crippen molar-refractivity contribution >= 4 is 99.5 Å². The highest BCUT2D eigenvalue weighted by Gasteiger charge is 2.49. The maximum atomic E-state index is 6.31. The van der Waals surface area contributed by atoms with Crippen molar-refractivity contribution in [2.75, 3.05) is 9.80 Å². The van der Waals surface area contributed by atoms with E-state index in [4.69, 9.17) is 8.83 Å². The van der Waals surface area contributed by atoms with Gasteiger partial charge in [0, 0.05) is 55.4 Å². The first kappa shape index (κ1) is 90.3. The molecule has 0 amide bonds. The summed E-state index contributed by atoms with van der Waals surface area (Å²) in [6, 6.07) is 208. The average molecular weight is 1890 g/mol. The van der Waals surface area contributed by atoms with Gasteiger partial charge in [-0.25, -0.2) is 0 Å². The van der Waals surface area contributed by atoms with Crippen LogP contribution < -0.4 is 9.80 Å². The summed E-state index contributed by atoms with van der Waals surface area (Å²) in [6.07, 6.45) is 0. The van der Waals surface area contributed by atoms with Crippen LogP contribution >= 0.6 is 0 Å². The quantitative estimate of drug-likeness (QED) is 0.0857. The molecule has 0 atom stereocenters. The van der Waals surface area contributed by atoms with Gasteiger partial charge in [-0.1, -0.05) is 482 Å². The highest BCUT2D eigenvalue weighted by Crippen LogP contribution is 2.62. The van der Waals surface area contributed by atoms with E-state index in [2.05, 4.69) is 556 Å².